The van der Waals surface area contributed by atoms with E-state index in [4.69, 9.17) is 0 Å². The van der Waals surface area contributed by atoms with Crippen LogP contribution < -0.4 is 0 Å². The zero-order chi connectivity index (χ0) is 10.1. The summed E-state index contributed by atoms with van der Waals surface area (Å²) in [4.78, 5) is 0. The van der Waals surface area contributed by atoms with Crippen LogP contribution in [0, 0.1) is 18.6 Å². The average Bonchev–Trinajstić information content (AvgIpc) is 2.50. The van der Waals surface area contributed by atoms with Gasteiger partial charge in [0.25, 0.3) is 0 Å². The highest BCUT2D eigenvalue weighted by Gasteiger charge is 2.04. The molecule has 0 aliphatic carbocycles. The predicted octanol–water partition coefficient (Wildman–Crippen LogP) is 2.54. The minimum atomic E-state index is -0.611. The van der Waals surface area contributed by atoms with Crippen molar-refractivity contribution in [2.24, 2.45) is 0 Å². The maximum Gasteiger partial charge on any atom is 0.126 e. The number of hydrogen-bond acceptors (Lipinski definition) is 1. The van der Waals surface area contributed by atoms with E-state index in [2.05, 4.69) is 17.1 Å². The van der Waals surface area contributed by atoms with Crippen LogP contribution in [0.25, 0.3) is 11.3 Å². The summed E-state index contributed by atoms with van der Waals surface area (Å²) in [6.07, 6.45) is 0. The van der Waals surface area contributed by atoms with Crippen molar-refractivity contribution in [2.45, 2.75) is 0 Å². The molecule has 1 radical (unpaired) electrons. The fourth-order valence-electron chi connectivity index (χ4n) is 1.22. The first-order valence-corrected chi connectivity index (χ1v) is 3.99. The highest BCUT2D eigenvalue weighted by atomic mass is 19.1. The number of rotatable bonds is 1. The Morgan fingerprint density at radius 3 is 2.21 bits per heavy atom. The van der Waals surface area contributed by atoms with E-state index in [1.54, 1.807) is 6.07 Å². The van der Waals surface area contributed by atoms with Crippen LogP contribution in [0.3, 0.4) is 0 Å². The Morgan fingerprint density at radius 1 is 1.07 bits per heavy atom. The van der Waals surface area contributed by atoms with E-state index in [0.29, 0.717) is 17.0 Å². The zero-order valence-electron chi connectivity index (χ0n) is 7.22. The van der Waals surface area contributed by atoms with Crippen molar-refractivity contribution in [3.05, 3.63) is 48.5 Å². The molecule has 0 saturated heterocycles. The first kappa shape index (κ1) is 8.87. The number of aromatic nitrogens is 2. The molecule has 0 atom stereocenters. The molecule has 2 aromatic rings. The van der Waals surface area contributed by atoms with Crippen LogP contribution in [0.1, 0.15) is 5.69 Å². The van der Waals surface area contributed by atoms with E-state index in [-0.39, 0.29) is 0 Å². The van der Waals surface area contributed by atoms with Gasteiger partial charge in [0.2, 0.25) is 0 Å². The highest BCUT2D eigenvalue weighted by Crippen LogP contribution is 2.19. The van der Waals surface area contributed by atoms with Crippen molar-refractivity contribution in [1.82, 2.24) is 10.2 Å². The number of H-pyrrole nitrogens is 1. The lowest BCUT2D eigenvalue weighted by Crippen LogP contribution is -1.84. The summed E-state index contributed by atoms with van der Waals surface area (Å²) in [5, 5.41) is 6.40. The van der Waals surface area contributed by atoms with E-state index >= 15 is 0 Å². The number of nitrogens with zero attached hydrogens (tertiary/aromatic N) is 1. The molecule has 14 heavy (non-hydrogen) atoms. The van der Waals surface area contributed by atoms with Crippen molar-refractivity contribution in [2.75, 3.05) is 0 Å². The molecule has 2 rings (SSSR count). The van der Waals surface area contributed by atoms with Gasteiger partial charge in [0.15, 0.2) is 0 Å². The Hall–Kier alpha value is -1.71. The number of hydrogen-bond donors (Lipinski definition) is 1. The number of halogens is 2. The molecule has 0 bridgehead atoms. The Labute approximate surface area is 79.6 Å². The van der Waals surface area contributed by atoms with Gasteiger partial charge in [-0.25, -0.2) is 8.78 Å². The minimum absolute atomic E-state index is 0.421. The summed E-state index contributed by atoms with van der Waals surface area (Å²) in [7, 11) is 0. The van der Waals surface area contributed by atoms with Gasteiger partial charge in [-0.05, 0) is 25.1 Å². The second kappa shape index (κ2) is 3.21. The van der Waals surface area contributed by atoms with E-state index in [9.17, 15) is 8.78 Å². The monoisotopic (exact) mass is 193 g/mol. The van der Waals surface area contributed by atoms with Gasteiger partial charge in [-0.2, -0.15) is 5.10 Å². The van der Waals surface area contributed by atoms with Crippen LogP contribution >= 0.6 is 0 Å². The van der Waals surface area contributed by atoms with Crippen LogP contribution in [0.15, 0.2) is 24.3 Å². The van der Waals surface area contributed by atoms with E-state index in [1.165, 1.54) is 12.1 Å². The van der Waals surface area contributed by atoms with Gasteiger partial charge in [-0.15, -0.1) is 0 Å². The smallest absolute Gasteiger partial charge is 0.126 e. The van der Waals surface area contributed by atoms with Gasteiger partial charge in [0.05, 0.1) is 11.4 Å². The number of benzene rings is 1. The summed E-state index contributed by atoms with van der Waals surface area (Å²) in [6, 6.07) is 4.91. The van der Waals surface area contributed by atoms with E-state index in [1.807, 2.05) is 0 Å². The lowest BCUT2D eigenvalue weighted by Gasteiger charge is -1.97. The lowest BCUT2D eigenvalue weighted by atomic mass is 10.1. The van der Waals surface area contributed by atoms with Crippen LogP contribution in [0.4, 0.5) is 8.78 Å². The third-order valence-electron chi connectivity index (χ3n) is 1.80. The summed E-state index contributed by atoms with van der Waals surface area (Å²) in [5.41, 5.74) is 1.50. The molecule has 0 unspecified atom stereocenters. The fraction of sp³-hybridized carbons (Fsp3) is 0. The molecule has 1 aromatic heterocycles. The molecule has 0 amide bonds. The molecule has 1 N–H and O–H groups in total. The van der Waals surface area contributed by atoms with Crippen molar-refractivity contribution in [3.8, 4) is 11.3 Å². The van der Waals surface area contributed by atoms with Crippen molar-refractivity contribution in [1.29, 1.82) is 0 Å². The van der Waals surface area contributed by atoms with E-state index in [0.717, 1.165) is 6.07 Å². The normalized spacial score (nSPS) is 10.5. The van der Waals surface area contributed by atoms with Gasteiger partial charge in [-0.3, -0.25) is 5.10 Å². The first-order valence-electron chi connectivity index (χ1n) is 3.99. The molecule has 0 aliphatic rings. The van der Waals surface area contributed by atoms with Crippen molar-refractivity contribution < 1.29 is 8.78 Å². The lowest BCUT2D eigenvalue weighted by molar-refractivity contribution is 0.584. The highest BCUT2D eigenvalue weighted by molar-refractivity contribution is 5.59. The third-order valence-corrected chi connectivity index (χ3v) is 1.80. The average molecular weight is 193 g/mol. The summed E-state index contributed by atoms with van der Waals surface area (Å²) >= 11 is 0. The molecule has 0 aliphatic heterocycles. The van der Waals surface area contributed by atoms with Crippen LogP contribution in [0.5, 0.6) is 0 Å². The van der Waals surface area contributed by atoms with Crippen LogP contribution in [0.2, 0.25) is 0 Å². The molecule has 1 aromatic carbocycles. The zero-order valence-corrected chi connectivity index (χ0v) is 7.22. The maximum atomic E-state index is 12.8. The second-order valence-corrected chi connectivity index (χ2v) is 2.93. The third kappa shape index (κ3) is 1.64. The quantitative estimate of drug-likeness (QED) is 0.740. The summed E-state index contributed by atoms with van der Waals surface area (Å²) < 4.78 is 25.7. The topological polar surface area (TPSA) is 28.7 Å². The minimum Gasteiger partial charge on any atom is -0.278 e. The van der Waals surface area contributed by atoms with Gasteiger partial charge in [0, 0.05) is 11.6 Å². The standard InChI is InChI=1S/C10H7F2N2/c1-6-2-10(14-13-6)7-3-8(11)5-9(12)4-7/h2-5H,1H2,(H,13,14). The largest absolute Gasteiger partial charge is 0.278 e. The molecule has 4 heteroatoms. The van der Waals surface area contributed by atoms with Gasteiger partial charge in [0.1, 0.15) is 11.6 Å². The Kier molecular flexibility index (Phi) is 2.04. The second-order valence-electron chi connectivity index (χ2n) is 2.93. The van der Waals surface area contributed by atoms with Crippen molar-refractivity contribution in [3.63, 3.8) is 0 Å². The van der Waals surface area contributed by atoms with Gasteiger partial charge < -0.3 is 0 Å². The fourth-order valence-corrected chi connectivity index (χ4v) is 1.22. The number of nitrogens with one attached hydrogen (secondary N) is 1. The Bertz CT molecular complexity index is 443. The molecule has 0 spiro atoms. The van der Waals surface area contributed by atoms with Crippen molar-refractivity contribution >= 4 is 0 Å². The molecular weight excluding hydrogens is 186 g/mol. The van der Waals surface area contributed by atoms with Crippen LogP contribution in [-0.4, -0.2) is 10.2 Å². The van der Waals surface area contributed by atoms with E-state index < -0.39 is 11.6 Å². The molecule has 71 valence electrons. The molecule has 2 nitrogen and oxygen atoms in total. The Balaban J connectivity index is 2.51. The molecule has 0 fully saturated rings. The van der Waals surface area contributed by atoms with Gasteiger partial charge >= 0.3 is 0 Å². The number of aromatic amines is 1. The Morgan fingerprint density at radius 2 is 1.71 bits per heavy atom. The molecule has 1 heterocycles. The SMILES string of the molecule is [CH2]c1cc(-c2cc(F)cc(F)c2)[nH]n1. The maximum absolute atomic E-state index is 12.8. The summed E-state index contributed by atoms with van der Waals surface area (Å²) in [6.45, 7) is 3.58. The van der Waals surface area contributed by atoms with Gasteiger partial charge in [-0.1, -0.05) is 0 Å². The molecular formula is C10H7F2N2. The predicted molar refractivity (Wildman–Crippen MR) is 48.4 cm³/mol. The first-order chi connectivity index (χ1) is 6.65. The summed E-state index contributed by atoms with van der Waals surface area (Å²) in [5.74, 6) is -1.22. The molecule has 0 saturated carbocycles. The van der Waals surface area contributed by atoms with Crippen LogP contribution in [-0.2, 0) is 0 Å².